The molecule has 6 heteroatoms. The maximum absolute atomic E-state index is 12.0. The topological polar surface area (TPSA) is 45.2 Å². The van der Waals surface area contributed by atoms with E-state index in [-0.39, 0.29) is 6.03 Å². The molecule has 0 saturated carbocycles. The van der Waals surface area contributed by atoms with Crippen LogP contribution in [-0.4, -0.2) is 35.3 Å². The molecular formula is C13H23N3OS2. The van der Waals surface area contributed by atoms with Crippen LogP contribution in [0.1, 0.15) is 37.4 Å². The average molecular weight is 301 g/mol. The van der Waals surface area contributed by atoms with E-state index in [0.29, 0.717) is 6.54 Å². The Morgan fingerprint density at radius 3 is 2.95 bits per heavy atom. The molecule has 2 amide bonds. The fourth-order valence-electron chi connectivity index (χ4n) is 1.65. The van der Waals surface area contributed by atoms with E-state index in [2.05, 4.69) is 23.5 Å². The standard InChI is InChI=1S/C13H23N3OS2/c1-4-6-7-16(5-2)13(17)14-8-11-9-19-12(15-11)10-18-3/h9H,4-8,10H2,1-3H3,(H,14,17). The van der Waals surface area contributed by atoms with Crippen molar-refractivity contribution in [1.29, 1.82) is 0 Å². The van der Waals surface area contributed by atoms with Crippen LogP contribution in [0.15, 0.2) is 5.38 Å². The maximum Gasteiger partial charge on any atom is 0.317 e. The molecule has 0 unspecified atom stereocenters. The van der Waals surface area contributed by atoms with Gasteiger partial charge in [-0.25, -0.2) is 9.78 Å². The molecule has 0 aliphatic rings. The Kier molecular flexibility index (Phi) is 7.90. The highest BCUT2D eigenvalue weighted by Gasteiger charge is 2.11. The third-order valence-electron chi connectivity index (χ3n) is 2.74. The van der Waals surface area contributed by atoms with Crippen molar-refractivity contribution in [3.63, 3.8) is 0 Å². The molecule has 1 rings (SSSR count). The van der Waals surface area contributed by atoms with Gasteiger partial charge in [0.2, 0.25) is 0 Å². The highest BCUT2D eigenvalue weighted by atomic mass is 32.2. The molecular weight excluding hydrogens is 278 g/mol. The number of rotatable bonds is 8. The molecule has 0 saturated heterocycles. The Morgan fingerprint density at radius 1 is 1.53 bits per heavy atom. The van der Waals surface area contributed by atoms with Crippen LogP contribution in [0.25, 0.3) is 0 Å². The van der Waals surface area contributed by atoms with E-state index in [9.17, 15) is 4.79 Å². The number of thioether (sulfide) groups is 1. The number of nitrogens with zero attached hydrogens (tertiary/aromatic N) is 2. The number of thiazole rings is 1. The molecule has 4 nitrogen and oxygen atoms in total. The first-order valence-corrected chi connectivity index (χ1v) is 8.93. The lowest BCUT2D eigenvalue weighted by molar-refractivity contribution is 0.199. The van der Waals surface area contributed by atoms with Crippen LogP contribution < -0.4 is 5.32 Å². The third kappa shape index (κ3) is 5.82. The number of carbonyl (C=O) groups excluding carboxylic acids is 1. The minimum absolute atomic E-state index is 0.00960. The van der Waals surface area contributed by atoms with Crippen molar-refractivity contribution in [3.05, 3.63) is 16.1 Å². The van der Waals surface area contributed by atoms with Gasteiger partial charge in [0.25, 0.3) is 0 Å². The number of nitrogens with one attached hydrogen (secondary N) is 1. The summed E-state index contributed by atoms with van der Waals surface area (Å²) in [6.07, 6.45) is 4.22. The first kappa shape index (κ1) is 16.3. The van der Waals surface area contributed by atoms with Gasteiger partial charge in [0.1, 0.15) is 5.01 Å². The van der Waals surface area contributed by atoms with Crippen molar-refractivity contribution < 1.29 is 4.79 Å². The van der Waals surface area contributed by atoms with Gasteiger partial charge in [-0.15, -0.1) is 11.3 Å². The molecule has 19 heavy (non-hydrogen) atoms. The Labute approximate surface area is 124 Å². The van der Waals surface area contributed by atoms with Crippen LogP contribution in [0.4, 0.5) is 4.79 Å². The molecule has 0 aromatic carbocycles. The van der Waals surface area contributed by atoms with E-state index in [4.69, 9.17) is 0 Å². The van der Waals surface area contributed by atoms with Crippen molar-refractivity contribution in [2.45, 2.75) is 39.0 Å². The molecule has 1 aromatic heterocycles. The third-order valence-corrected chi connectivity index (χ3v) is 4.38. The molecule has 0 aliphatic carbocycles. The van der Waals surface area contributed by atoms with Crippen LogP contribution in [0.5, 0.6) is 0 Å². The number of amides is 2. The summed E-state index contributed by atoms with van der Waals surface area (Å²) < 4.78 is 0. The largest absolute Gasteiger partial charge is 0.332 e. The highest BCUT2D eigenvalue weighted by Crippen LogP contribution is 2.14. The lowest BCUT2D eigenvalue weighted by Crippen LogP contribution is -2.40. The van der Waals surface area contributed by atoms with Gasteiger partial charge in [0, 0.05) is 24.2 Å². The molecule has 0 aliphatic heterocycles. The SMILES string of the molecule is CCCCN(CC)C(=O)NCc1csc(CSC)n1. The summed E-state index contributed by atoms with van der Waals surface area (Å²) in [6.45, 7) is 6.24. The molecule has 0 bridgehead atoms. The van der Waals surface area contributed by atoms with Gasteiger partial charge in [0.05, 0.1) is 12.2 Å². The molecule has 108 valence electrons. The van der Waals surface area contributed by atoms with Crippen molar-refractivity contribution in [2.75, 3.05) is 19.3 Å². The van der Waals surface area contributed by atoms with Crippen molar-refractivity contribution in [1.82, 2.24) is 15.2 Å². The van der Waals surface area contributed by atoms with Gasteiger partial charge in [-0.05, 0) is 19.6 Å². The van der Waals surface area contributed by atoms with E-state index in [1.165, 1.54) is 0 Å². The summed E-state index contributed by atoms with van der Waals surface area (Å²) in [5.41, 5.74) is 0.953. The number of unbranched alkanes of at least 4 members (excludes halogenated alkanes) is 1. The van der Waals surface area contributed by atoms with Gasteiger partial charge in [-0.2, -0.15) is 11.8 Å². The summed E-state index contributed by atoms with van der Waals surface area (Å²) >= 11 is 3.42. The van der Waals surface area contributed by atoms with Gasteiger partial charge in [0.15, 0.2) is 0 Å². The fraction of sp³-hybridized carbons (Fsp3) is 0.692. The maximum atomic E-state index is 12.0. The lowest BCUT2D eigenvalue weighted by atomic mass is 10.3. The Hall–Kier alpha value is -0.750. The summed E-state index contributed by atoms with van der Waals surface area (Å²) in [6, 6.07) is 0.00960. The van der Waals surface area contributed by atoms with Crippen molar-refractivity contribution >= 4 is 29.1 Å². The van der Waals surface area contributed by atoms with Crippen LogP contribution >= 0.6 is 23.1 Å². The second-order valence-corrected chi connectivity index (χ2v) is 6.07. The summed E-state index contributed by atoms with van der Waals surface area (Å²) in [5.74, 6) is 0.941. The van der Waals surface area contributed by atoms with E-state index < -0.39 is 0 Å². The molecule has 0 atom stereocenters. The Morgan fingerprint density at radius 2 is 2.32 bits per heavy atom. The molecule has 0 fully saturated rings. The minimum Gasteiger partial charge on any atom is -0.332 e. The number of hydrogen-bond acceptors (Lipinski definition) is 4. The van der Waals surface area contributed by atoms with E-state index >= 15 is 0 Å². The van der Waals surface area contributed by atoms with Crippen molar-refractivity contribution in [3.8, 4) is 0 Å². The fourth-order valence-corrected chi connectivity index (χ4v) is 3.17. The van der Waals surface area contributed by atoms with Crippen LogP contribution in [0.2, 0.25) is 0 Å². The van der Waals surface area contributed by atoms with Crippen molar-refractivity contribution in [2.24, 2.45) is 0 Å². The van der Waals surface area contributed by atoms with Crippen LogP contribution in [0.3, 0.4) is 0 Å². The summed E-state index contributed by atoms with van der Waals surface area (Å²) in [7, 11) is 0. The first-order chi connectivity index (χ1) is 9.21. The smallest absolute Gasteiger partial charge is 0.317 e. The lowest BCUT2D eigenvalue weighted by Gasteiger charge is -2.20. The monoisotopic (exact) mass is 301 g/mol. The average Bonchev–Trinajstić information content (AvgIpc) is 2.85. The van der Waals surface area contributed by atoms with Gasteiger partial charge in [-0.3, -0.25) is 0 Å². The molecule has 1 aromatic rings. The van der Waals surface area contributed by atoms with Gasteiger partial charge >= 0.3 is 6.03 Å². The van der Waals surface area contributed by atoms with E-state index in [0.717, 1.165) is 42.4 Å². The zero-order chi connectivity index (χ0) is 14.1. The molecule has 0 radical (unpaired) electrons. The Balaban J connectivity index is 2.38. The van der Waals surface area contributed by atoms with Gasteiger partial charge < -0.3 is 10.2 Å². The minimum atomic E-state index is 0.00960. The number of hydrogen-bond donors (Lipinski definition) is 1. The second kappa shape index (κ2) is 9.20. The normalized spacial score (nSPS) is 10.5. The zero-order valence-corrected chi connectivity index (χ0v) is 13.6. The second-order valence-electron chi connectivity index (χ2n) is 4.26. The number of urea groups is 1. The summed E-state index contributed by atoms with van der Waals surface area (Å²) in [5, 5.41) is 6.08. The molecule has 1 N–H and O–H groups in total. The first-order valence-electron chi connectivity index (χ1n) is 6.66. The number of carbonyl (C=O) groups is 1. The van der Waals surface area contributed by atoms with Crippen LogP contribution in [0, 0.1) is 0 Å². The predicted molar refractivity (Wildman–Crippen MR) is 83.7 cm³/mol. The zero-order valence-electron chi connectivity index (χ0n) is 11.9. The molecule has 1 heterocycles. The quantitative estimate of drug-likeness (QED) is 0.801. The van der Waals surface area contributed by atoms with E-state index in [1.807, 2.05) is 17.2 Å². The number of aromatic nitrogens is 1. The van der Waals surface area contributed by atoms with Crippen LogP contribution in [-0.2, 0) is 12.3 Å². The Bertz CT molecular complexity index is 382. The van der Waals surface area contributed by atoms with E-state index in [1.54, 1.807) is 23.1 Å². The molecule has 0 spiro atoms. The highest BCUT2D eigenvalue weighted by molar-refractivity contribution is 7.97. The predicted octanol–water partition coefficient (Wildman–Crippen LogP) is 3.34. The van der Waals surface area contributed by atoms with Gasteiger partial charge in [-0.1, -0.05) is 13.3 Å². The summed E-state index contributed by atoms with van der Waals surface area (Å²) in [4.78, 5) is 18.3.